The van der Waals surface area contributed by atoms with E-state index in [1.807, 2.05) is 6.92 Å². The largest absolute Gasteiger partial charge is 0.381 e. The number of aromatic nitrogens is 2. The Morgan fingerprint density at radius 2 is 2.25 bits per heavy atom. The molecule has 1 amide bonds. The van der Waals surface area contributed by atoms with Crippen molar-refractivity contribution in [3.05, 3.63) is 6.20 Å². The molecule has 9 heteroatoms. The maximum Gasteiger partial charge on any atom is 0.248 e. The summed E-state index contributed by atoms with van der Waals surface area (Å²) >= 11 is 0. The summed E-state index contributed by atoms with van der Waals surface area (Å²) in [7, 11) is -3.73. The molecule has 1 atom stereocenters. The van der Waals surface area contributed by atoms with Gasteiger partial charge in [0.1, 0.15) is 4.90 Å². The number of nitrogen functional groups attached to an aromatic ring is 1. The van der Waals surface area contributed by atoms with E-state index in [0.29, 0.717) is 25.9 Å². The Labute approximate surface area is 117 Å². The highest BCUT2D eigenvalue weighted by Crippen LogP contribution is 2.26. The van der Waals surface area contributed by atoms with Gasteiger partial charge in [0.25, 0.3) is 0 Å². The summed E-state index contributed by atoms with van der Waals surface area (Å²) in [6.45, 7) is 2.84. The minimum Gasteiger partial charge on any atom is -0.381 e. The maximum absolute atomic E-state index is 12.5. The lowest BCUT2D eigenvalue weighted by atomic mass is 9.99. The Balaban J connectivity index is 2.29. The second-order valence-electron chi connectivity index (χ2n) is 4.84. The monoisotopic (exact) mass is 301 g/mol. The van der Waals surface area contributed by atoms with E-state index in [1.165, 1.54) is 15.2 Å². The van der Waals surface area contributed by atoms with Crippen molar-refractivity contribution in [2.75, 3.05) is 18.8 Å². The van der Waals surface area contributed by atoms with Crippen LogP contribution in [0.3, 0.4) is 0 Å². The molecule has 0 spiro atoms. The SMILES string of the molecule is CCn1cc(S(=O)(=O)N2CCCC(C(N)=O)C2)c(N)n1. The van der Waals surface area contributed by atoms with Gasteiger partial charge >= 0.3 is 0 Å². The summed E-state index contributed by atoms with van der Waals surface area (Å²) in [5, 5.41) is 3.94. The third-order valence-electron chi connectivity index (χ3n) is 3.48. The molecular formula is C11H19N5O3S. The molecule has 0 aliphatic carbocycles. The smallest absolute Gasteiger partial charge is 0.248 e. The zero-order valence-corrected chi connectivity index (χ0v) is 12.1. The predicted molar refractivity (Wildman–Crippen MR) is 73.0 cm³/mol. The molecule has 1 aliphatic rings. The molecule has 0 saturated carbocycles. The fourth-order valence-corrected chi connectivity index (χ4v) is 3.89. The Morgan fingerprint density at radius 1 is 1.55 bits per heavy atom. The van der Waals surface area contributed by atoms with Crippen molar-refractivity contribution >= 4 is 21.7 Å². The number of primary amides is 1. The number of carbonyl (C=O) groups excluding carboxylic acids is 1. The van der Waals surface area contributed by atoms with Crippen molar-refractivity contribution in [1.29, 1.82) is 0 Å². The van der Waals surface area contributed by atoms with Crippen LogP contribution < -0.4 is 11.5 Å². The average Bonchev–Trinajstić information content (AvgIpc) is 2.81. The zero-order valence-electron chi connectivity index (χ0n) is 11.3. The van der Waals surface area contributed by atoms with Crippen molar-refractivity contribution in [2.24, 2.45) is 11.7 Å². The van der Waals surface area contributed by atoms with Crippen LogP contribution in [-0.4, -0.2) is 41.5 Å². The van der Waals surface area contributed by atoms with Gasteiger partial charge in [0.2, 0.25) is 15.9 Å². The van der Waals surface area contributed by atoms with Crippen LogP contribution in [-0.2, 0) is 21.4 Å². The van der Waals surface area contributed by atoms with Gasteiger partial charge in [-0.15, -0.1) is 0 Å². The molecule has 2 heterocycles. The Kier molecular flexibility index (Phi) is 4.00. The van der Waals surface area contributed by atoms with Gasteiger partial charge < -0.3 is 11.5 Å². The number of nitrogens with two attached hydrogens (primary N) is 2. The topological polar surface area (TPSA) is 124 Å². The number of hydrogen-bond acceptors (Lipinski definition) is 5. The quantitative estimate of drug-likeness (QED) is 0.766. The third-order valence-corrected chi connectivity index (χ3v) is 5.37. The minimum atomic E-state index is -3.73. The fraction of sp³-hybridized carbons (Fsp3) is 0.636. The standard InChI is InChI=1S/C11H19N5O3S/c1-2-15-7-9(10(12)14-15)20(18,19)16-5-3-4-8(6-16)11(13)17/h7-8H,2-6H2,1H3,(H2,12,14)(H2,13,17). The second-order valence-corrected chi connectivity index (χ2v) is 6.75. The van der Waals surface area contributed by atoms with Crippen molar-refractivity contribution in [3.63, 3.8) is 0 Å². The molecule has 0 bridgehead atoms. The summed E-state index contributed by atoms with van der Waals surface area (Å²) in [5.41, 5.74) is 10.9. The number of rotatable bonds is 4. The van der Waals surface area contributed by atoms with Crippen LogP contribution in [0.5, 0.6) is 0 Å². The summed E-state index contributed by atoms with van der Waals surface area (Å²) in [4.78, 5) is 11.2. The van der Waals surface area contributed by atoms with Crippen molar-refractivity contribution in [1.82, 2.24) is 14.1 Å². The van der Waals surface area contributed by atoms with Gasteiger partial charge in [0.15, 0.2) is 5.82 Å². The molecule has 1 aromatic rings. The third kappa shape index (κ3) is 2.63. The highest BCUT2D eigenvalue weighted by molar-refractivity contribution is 7.89. The van der Waals surface area contributed by atoms with Crippen LogP contribution in [0.4, 0.5) is 5.82 Å². The van der Waals surface area contributed by atoms with E-state index in [9.17, 15) is 13.2 Å². The lowest BCUT2D eigenvalue weighted by Crippen LogP contribution is -2.44. The van der Waals surface area contributed by atoms with Gasteiger partial charge in [-0.2, -0.15) is 9.40 Å². The normalized spacial score (nSPS) is 20.9. The maximum atomic E-state index is 12.5. The van der Waals surface area contributed by atoms with E-state index in [0.717, 1.165) is 0 Å². The van der Waals surface area contributed by atoms with Gasteiger partial charge in [0, 0.05) is 25.8 Å². The van der Waals surface area contributed by atoms with Crippen molar-refractivity contribution < 1.29 is 13.2 Å². The van der Waals surface area contributed by atoms with Crippen LogP contribution in [0.25, 0.3) is 0 Å². The molecule has 0 aromatic carbocycles. The van der Waals surface area contributed by atoms with Gasteiger partial charge in [-0.3, -0.25) is 9.48 Å². The molecule has 112 valence electrons. The van der Waals surface area contributed by atoms with Crippen LogP contribution in [0.15, 0.2) is 11.1 Å². The first-order valence-corrected chi connectivity index (χ1v) is 7.92. The Morgan fingerprint density at radius 3 is 2.80 bits per heavy atom. The molecule has 1 saturated heterocycles. The van der Waals surface area contributed by atoms with E-state index in [4.69, 9.17) is 11.5 Å². The molecule has 0 radical (unpaired) electrons. The van der Waals surface area contributed by atoms with Gasteiger partial charge in [0.05, 0.1) is 5.92 Å². The average molecular weight is 301 g/mol. The number of sulfonamides is 1. The number of anilines is 1. The summed E-state index contributed by atoms with van der Waals surface area (Å²) in [6.07, 6.45) is 2.64. The highest BCUT2D eigenvalue weighted by atomic mass is 32.2. The van der Waals surface area contributed by atoms with E-state index >= 15 is 0 Å². The zero-order chi connectivity index (χ0) is 14.9. The van der Waals surface area contributed by atoms with E-state index < -0.39 is 21.8 Å². The predicted octanol–water partition coefficient (Wildman–Crippen LogP) is -0.629. The molecule has 4 N–H and O–H groups in total. The first-order chi connectivity index (χ1) is 9.36. The van der Waals surface area contributed by atoms with Gasteiger partial charge in [-0.1, -0.05) is 0 Å². The number of nitrogens with zero attached hydrogens (tertiary/aromatic N) is 3. The van der Waals surface area contributed by atoms with Crippen LogP contribution in [0, 0.1) is 5.92 Å². The lowest BCUT2D eigenvalue weighted by molar-refractivity contribution is -0.122. The lowest BCUT2D eigenvalue weighted by Gasteiger charge is -2.29. The second kappa shape index (κ2) is 5.41. The number of piperidine rings is 1. The molecular weight excluding hydrogens is 282 g/mol. The van der Waals surface area contributed by atoms with Crippen LogP contribution in [0.2, 0.25) is 0 Å². The molecule has 20 heavy (non-hydrogen) atoms. The number of aryl methyl sites for hydroxylation is 1. The molecule has 1 fully saturated rings. The van der Waals surface area contributed by atoms with E-state index in [-0.39, 0.29) is 17.3 Å². The van der Waals surface area contributed by atoms with Crippen LogP contribution >= 0.6 is 0 Å². The van der Waals surface area contributed by atoms with Crippen molar-refractivity contribution in [3.8, 4) is 0 Å². The van der Waals surface area contributed by atoms with Gasteiger partial charge in [-0.05, 0) is 19.8 Å². The number of carbonyl (C=O) groups is 1. The molecule has 1 unspecified atom stereocenters. The summed E-state index contributed by atoms with van der Waals surface area (Å²) in [6, 6.07) is 0. The van der Waals surface area contributed by atoms with E-state index in [1.54, 1.807) is 0 Å². The Hall–Kier alpha value is -1.61. The Bertz CT molecular complexity index is 610. The number of amides is 1. The first kappa shape index (κ1) is 14.8. The van der Waals surface area contributed by atoms with Crippen LogP contribution in [0.1, 0.15) is 19.8 Å². The molecule has 1 aliphatic heterocycles. The summed E-state index contributed by atoms with van der Waals surface area (Å²) < 4.78 is 27.8. The number of hydrogen-bond donors (Lipinski definition) is 2. The summed E-state index contributed by atoms with van der Waals surface area (Å²) in [5.74, 6) is -0.934. The molecule has 2 rings (SSSR count). The minimum absolute atomic E-state index is 0.00975. The molecule has 8 nitrogen and oxygen atoms in total. The van der Waals surface area contributed by atoms with Crippen molar-refractivity contribution in [2.45, 2.75) is 31.2 Å². The highest BCUT2D eigenvalue weighted by Gasteiger charge is 2.34. The van der Waals surface area contributed by atoms with Gasteiger partial charge in [-0.25, -0.2) is 8.42 Å². The fourth-order valence-electron chi connectivity index (χ4n) is 2.31. The van der Waals surface area contributed by atoms with E-state index in [2.05, 4.69) is 5.10 Å². The first-order valence-electron chi connectivity index (χ1n) is 6.48. The molecule has 1 aromatic heterocycles.